The van der Waals surface area contributed by atoms with Crippen molar-refractivity contribution in [1.82, 2.24) is 0 Å². The molecule has 0 spiro atoms. The summed E-state index contributed by atoms with van der Waals surface area (Å²) in [6.45, 7) is 3.79. The van der Waals surface area contributed by atoms with Gasteiger partial charge < -0.3 is 4.74 Å². The summed E-state index contributed by atoms with van der Waals surface area (Å²) in [6.07, 6.45) is 15.7. The molecule has 0 aromatic carbocycles. The van der Waals surface area contributed by atoms with E-state index in [2.05, 4.69) is 11.8 Å². The standard InChI is InChI=1S/C15H18O2/c1-3-4-5-6-7-8-9-10-11-12-13-14-17-15(2)16/h3-6,9-12H,13-14H2,1-2H3. The third kappa shape index (κ3) is 14.0. The quantitative estimate of drug-likeness (QED) is 0.314. The molecular weight excluding hydrogens is 212 g/mol. The van der Waals surface area contributed by atoms with Gasteiger partial charge in [0.05, 0.1) is 6.61 Å². The van der Waals surface area contributed by atoms with Crippen molar-refractivity contribution >= 4 is 5.97 Å². The van der Waals surface area contributed by atoms with Crippen LogP contribution >= 0.6 is 0 Å². The van der Waals surface area contributed by atoms with E-state index in [1.165, 1.54) is 6.92 Å². The van der Waals surface area contributed by atoms with Gasteiger partial charge in [-0.1, -0.05) is 48.3 Å². The van der Waals surface area contributed by atoms with Gasteiger partial charge in [0.15, 0.2) is 0 Å². The maximum Gasteiger partial charge on any atom is 0.302 e. The molecular formula is C15H18O2. The summed E-state index contributed by atoms with van der Waals surface area (Å²) in [7, 11) is 0. The average Bonchev–Trinajstić information content (AvgIpc) is 2.30. The highest BCUT2D eigenvalue weighted by Crippen LogP contribution is 1.87. The predicted octanol–water partition coefficient (Wildman–Crippen LogP) is 3.19. The average molecular weight is 230 g/mol. The molecule has 0 saturated heterocycles. The number of carbonyl (C=O) groups is 1. The molecule has 2 nitrogen and oxygen atoms in total. The molecule has 0 rings (SSSR count). The number of ether oxygens (including phenoxy) is 1. The van der Waals surface area contributed by atoms with Crippen LogP contribution < -0.4 is 0 Å². The van der Waals surface area contributed by atoms with Gasteiger partial charge in [-0.05, 0) is 25.5 Å². The summed E-state index contributed by atoms with van der Waals surface area (Å²) < 4.78 is 4.77. The van der Waals surface area contributed by atoms with E-state index in [0.29, 0.717) is 6.61 Å². The van der Waals surface area contributed by atoms with Crippen LogP contribution in [0.5, 0.6) is 0 Å². The highest BCUT2D eigenvalue weighted by Gasteiger charge is 1.87. The number of rotatable bonds is 5. The van der Waals surface area contributed by atoms with Gasteiger partial charge in [0.1, 0.15) is 0 Å². The van der Waals surface area contributed by atoms with Crippen LogP contribution in [0.25, 0.3) is 0 Å². The molecule has 0 N–H and O–H groups in total. The predicted molar refractivity (Wildman–Crippen MR) is 71.3 cm³/mol. The van der Waals surface area contributed by atoms with E-state index in [4.69, 9.17) is 4.74 Å². The van der Waals surface area contributed by atoms with Gasteiger partial charge in [-0.2, -0.15) is 0 Å². The lowest BCUT2D eigenvalue weighted by molar-refractivity contribution is -0.140. The molecule has 0 aliphatic carbocycles. The zero-order valence-corrected chi connectivity index (χ0v) is 10.3. The molecule has 0 bridgehead atoms. The van der Waals surface area contributed by atoms with E-state index in [-0.39, 0.29) is 5.97 Å². The first-order valence-electron chi connectivity index (χ1n) is 5.51. The highest BCUT2D eigenvalue weighted by atomic mass is 16.5. The fourth-order valence-corrected chi connectivity index (χ4v) is 0.860. The molecule has 0 aliphatic rings. The molecule has 17 heavy (non-hydrogen) atoms. The van der Waals surface area contributed by atoms with Crippen molar-refractivity contribution in [1.29, 1.82) is 0 Å². The van der Waals surface area contributed by atoms with Crippen LogP contribution in [-0.4, -0.2) is 12.6 Å². The molecule has 0 amide bonds. The molecule has 0 atom stereocenters. The molecule has 90 valence electrons. The first kappa shape index (κ1) is 15.0. The topological polar surface area (TPSA) is 26.3 Å². The van der Waals surface area contributed by atoms with Crippen molar-refractivity contribution < 1.29 is 9.53 Å². The lowest BCUT2D eigenvalue weighted by Gasteiger charge is -1.95. The van der Waals surface area contributed by atoms with E-state index >= 15 is 0 Å². The summed E-state index contributed by atoms with van der Waals surface area (Å²) in [5.41, 5.74) is 0. The number of allylic oxidation sites excluding steroid dienone is 7. The van der Waals surface area contributed by atoms with Gasteiger partial charge in [0, 0.05) is 6.92 Å². The Morgan fingerprint density at radius 3 is 2.35 bits per heavy atom. The minimum absolute atomic E-state index is 0.243. The fraction of sp³-hybridized carbons (Fsp3) is 0.267. The van der Waals surface area contributed by atoms with Crippen molar-refractivity contribution in [3.63, 3.8) is 0 Å². The third-order valence-corrected chi connectivity index (χ3v) is 1.58. The normalized spacial score (nSPS) is 11.4. The molecule has 0 fully saturated rings. The molecule has 0 unspecified atom stereocenters. The van der Waals surface area contributed by atoms with E-state index in [0.717, 1.165) is 6.42 Å². The van der Waals surface area contributed by atoms with Gasteiger partial charge in [-0.25, -0.2) is 0 Å². The van der Waals surface area contributed by atoms with E-state index in [1.807, 2.05) is 43.4 Å². The third-order valence-electron chi connectivity index (χ3n) is 1.58. The smallest absolute Gasteiger partial charge is 0.302 e. The second kappa shape index (κ2) is 12.1. The molecule has 2 heteroatoms. The van der Waals surface area contributed by atoms with Crippen LogP contribution in [-0.2, 0) is 9.53 Å². The Kier molecular flexibility index (Phi) is 10.6. The van der Waals surface area contributed by atoms with Crippen LogP contribution in [0.2, 0.25) is 0 Å². The Bertz CT molecular complexity index is 373. The van der Waals surface area contributed by atoms with Crippen LogP contribution in [0.3, 0.4) is 0 Å². The lowest BCUT2D eigenvalue weighted by Crippen LogP contribution is -1.98. The van der Waals surface area contributed by atoms with E-state index in [9.17, 15) is 4.79 Å². The maximum absolute atomic E-state index is 10.4. The Labute approximate surface area is 103 Å². The number of hydrogen-bond donors (Lipinski definition) is 0. The summed E-state index contributed by atoms with van der Waals surface area (Å²) in [5.74, 6) is 5.49. The van der Waals surface area contributed by atoms with Crippen molar-refractivity contribution in [3.8, 4) is 11.8 Å². The maximum atomic E-state index is 10.4. The molecule has 0 heterocycles. The first-order valence-corrected chi connectivity index (χ1v) is 5.51. The highest BCUT2D eigenvalue weighted by molar-refractivity contribution is 5.65. The van der Waals surface area contributed by atoms with Crippen molar-refractivity contribution in [2.24, 2.45) is 0 Å². The molecule has 0 aromatic heterocycles. The summed E-state index contributed by atoms with van der Waals surface area (Å²) >= 11 is 0. The SMILES string of the molecule is CC=CC=CC#CC=CC=CCCOC(C)=O. The summed E-state index contributed by atoms with van der Waals surface area (Å²) in [4.78, 5) is 10.4. The van der Waals surface area contributed by atoms with Crippen molar-refractivity contribution in [3.05, 3.63) is 48.6 Å². The first-order chi connectivity index (χ1) is 8.27. The van der Waals surface area contributed by atoms with Crippen LogP contribution in [0.4, 0.5) is 0 Å². The molecule has 0 aromatic rings. The molecule has 0 aliphatic heterocycles. The summed E-state index contributed by atoms with van der Waals surface area (Å²) in [6, 6.07) is 0. The van der Waals surface area contributed by atoms with Gasteiger partial charge in [0.25, 0.3) is 0 Å². The second-order valence-corrected chi connectivity index (χ2v) is 3.09. The van der Waals surface area contributed by atoms with Crippen LogP contribution in [0, 0.1) is 11.8 Å². The van der Waals surface area contributed by atoms with E-state index in [1.54, 1.807) is 12.2 Å². The Balaban J connectivity index is 3.65. The Morgan fingerprint density at radius 1 is 1.12 bits per heavy atom. The lowest BCUT2D eigenvalue weighted by atomic mass is 10.3. The second-order valence-electron chi connectivity index (χ2n) is 3.09. The zero-order valence-electron chi connectivity index (χ0n) is 10.3. The number of hydrogen-bond acceptors (Lipinski definition) is 2. The van der Waals surface area contributed by atoms with Gasteiger partial charge >= 0.3 is 5.97 Å². The van der Waals surface area contributed by atoms with Crippen LogP contribution in [0.1, 0.15) is 20.3 Å². The largest absolute Gasteiger partial charge is 0.466 e. The van der Waals surface area contributed by atoms with Crippen molar-refractivity contribution in [2.45, 2.75) is 20.3 Å². The molecule has 0 saturated carbocycles. The van der Waals surface area contributed by atoms with E-state index < -0.39 is 0 Å². The monoisotopic (exact) mass is 230 g/mol. The zero-order chi connectivity index (χ0) is 12.8. The van der Waals surface area contributed by atoms with Gasteiger partial charge in [-0.15, -0.1) is 0 Å². The van der Waals surface area contributed by atoms with Gasteiger partial charge in [0.2, 0.25) is 0 Å². The number of esters is 1. The molecule has 0 radical (unpaired) electrons. The van der Waals surface area contributed by atoms with Crippen LogP contribution in [0.15, 0.2) is 48.6 Å². The minimum Gasteiger partial charge on any atom is -0.466 e. The Morgan fingerprint density at radius 2 is 1.76 bits per heavy atom. The summed E-state index contributed by atoms with van der Waals surface area (Å²) in [5, 5.41) is 0. The van der Waals surface area contributed by atoms with Gasteiger partial charge in [-0.3, -0.25) is 4.79 Å². The minimum atomic E-state index is -0.243. The van der Waals surface area contributed by atoms with Crippen molar-refractivity contribution in [2.75, 3.05) is 6.61 Å². The fourth-order valence-electron chi connectivity index (χ4n) is 0.860. The Hall–Kier alpha value is -2.01. The number of carbonyl (C=O) groups excluding carboxylic acids is 1.